The Morgan fingerprint density at radius 2 is 1.08 bits per heavy atom. The van der Waals surface area contributed by atoms with Crippen molar-refractivity contribution in [3.8, 4) is 0 Å². The van der Waals surface area contributed by atoms with Gasteiger partial charge in [-0.25, -0.2) is 0 Å². The predicted molar refractivity (Wildman–Crippen MR) is 103 cm³/mol. The largest absolute Gasteiger partial charge is 0.374 e. The summed E-state index contributed by atoms with van der Waals surface area (Å²) < 4.78 is 12.8. The van der Waals surface area contributed by atoms with E-state index in [0.29, 0.717) is 13.2 Å². The molecule has 0 spiro atoms. The Hall–Kier alpha value is -0.120. The molecule has 3 nitrogen and oxygen atoms in total. The van der Waals surface area contributed by atoms with Crippen LogP contribution in [0.2, 0.25) is 0 Å². The van der Waals surface area contributed by atoms with E-state index in [1.54, 1.807) is 0 Å². The molecule has 0 radical (unpaired) electrons. The third kappa shape index (κ3) is 5.19. The highest BCUT2D eigenvalue weighted by Crippen LogP contribution is 2.44. The summed E-state index contributed by atoms with van der Waals surface area (Å²) in [5.41, 5.74) is 0.174. The zero-order chi connectivity index (χ0) is 19.1. The van der Waals surface area contributed by atoms with Crippen LogP contribution in [-0.2, 0) is 9.47 Å². The summed E-state index contributed by atoms with van der Waals surface area (Å²) in [6.45, 7) is 29.0. The third-order valence-electron chi connectivity index (χ3n) is 4.75. The van der Waals surface area contributed by atoms with Crippen LogP contribution in [0, 0.1) is 16.2 Å². The maximum atomic E-state index is 6.41. The molecule has 1 heterocycles. The summed E-state index contributed by atoms with van der Waals surface area (Å²) >= 11 is 0. The summed E-state index contributed by atoms with van der Waals surface area (Å²) in [6.07, 6.45) is 0.223. The van der Waals surface area contributed by atoms with Gasteiger partial charge in [0.15, 0.2) is 0 Å². The van der Waals surface area contributed by atoms with Crippen LogP contribution in [0.4, 0.5) is 0 Å². The second kappa shape index (κ2) is 6.89. The fraction of sp³-hybridized carbons (Fsp3) is 1.00. The number of ether oxygens (including phenoxy) is 2. The molecule has 1 rings (SSSR count). The summed E-state index contributed by atoms with van der Waals surface area (Å²) in [4.78, 5) is 2.60. The molecule has 0 aromatic carbocycles. The highest BCUT2D eigenvalue weighted by atomic mass is 16.6. The third-order valence-corrected chi connectivity index (χ3v) is 4.75. The van der Waals surface area contributed by atoms with Gasteiger partial charge in [0.05, 0.1) is 19.3 Å². The summed E-state index contributed by atoms with van der Waals surface area (Å²) in [7, 11) is 0. The molecule has 3 heteroatoms. The smallest absolute Gasteiger partial charge is 0.116 e. The minimum atomic E-state index is -0.0138. The number of hydrogen-bond donors (Lipinski definition) is 0. The molecule has 0 saturated carbocycles. The average molecular weight is 342 g/mol. The van der Waals surface area contributed by atoms with E-state index in [1.807, 2.05) is 0 Å². The summed E-state index contributed by atoms with van der Waals surface area (Å²) in [6, 6.07) is 0.266. The van der Waals surface area contributed by atoms with E-state index >= 15 is 0 Å². The van der Waals surface area contributed by atoms with Gasteiger partial charge in [-0.1, -0.05) is 62.3 Å². The lowest BCUT2D eigenvalue weighted by atomic mass is 9.71. The zero-order valence-corrected chi connectivity index (χ0v) is 18.4. The summed E-state index contributed by atoms with van der Waals surface area (Å²) in [5, 5.41) is 0. The van der Waals surface area contributed by atoms with Crippen molar-refractivity contribution in [1.29, 1.82) is 0 Å². The van der Waals surface area contributed by atoms with Crippen molar-refractivity contribution in [3.63, 3.8) is 0 Å². The lowest BCUT2D eigenvalue weighted by Crippen LogP contribution is -2.68. The van der Waals surface area contributed by atoms with Gasteiger partial charge < -0.3 is 9.47 Å². The Labute approximate surface area is 151 Å². The van der Waals surface area contributed by atoms with Crippen LogP contribution >= 0.6 is 0 Å². The first-order valence-corrected chi connectivity index (χ1v) is 9.49. The second-order valence-corrected chi connectivity index (χ2v) is 11.6. The maximum absolute atomic E-state index is 6.41. The molecular formula is C21H43NO2. The minimum Gasteiger partial charge on any atom is -0.374 e. The van der Waals surface area contributed by atoms with Crippen LogP contribution in [0.5, 0.6) is 0 Å². The molecule has 0 aromatic heterocycles. The fourth-order valence-corrected chi connectivity index (χ4v) is 3.83. The molecule has 3 unspecified atom stereocenters. The second-order valence-electron chi connectivity index (χ2n) is 11.6. The van der Waals surface area contributed by atoms with E-state index in [1.165, 1.54) is 0 Å². The maximum Gasteiger partial charge on any atom is 0.116 e. The molecule has 1 aliphatic rings. The van der Waals surface area contributed by atoms with Gasteiger partial charge >= 0.3 is 0 Å². The first-order valence-electron chi connectivity index (χ1n) is 9.49. The lowest BCUT2D eigenvalue weighted by molar-refractivity contribution is -0.243. The topological polar surface area (TPSA) is 21.7 Å². The molecule has 3 atom stereocenters. The van der Waals surface area contributed by atoms with E-state index in [-0.39, 0.29) is 40.2 Å². The molecule has 0 aliphatic carbocycles. The van der Waals surface area contributed by atoms with Crippen molar-refractivity contribution in [2.24, 2.45) is 16.2 Å². The van der Waals surface area contributed by atoms with Crippen molar-refractivity contribution in [3.05, 3.63) is 0 Å². The molecule has 1 fully saturated rings. The first-order chi connectivity index (χ1) is 10.5. The van der Waals surface area contributed by atoms with Crippen molar-refractivity contribution < 1.29 is 9.47 Å². The van der Waals surface area contributed by atoms with Crippen molar-refractivity contribution in [1.82, 2.24) is 4.90 Å². The number of rotatable bonds is 0. The normalized spacial score (nSPS) is 29.2. The summed E-state index contributed by atoms with van der Waals surface area (Å²) in [5.74, 6) is 0. The Kier molecular flexibility index (Phi) is 6.29. The van der Waals surface area contributed by atoms with Crippen molar-refractivity contribution >= 4 is 0 Å². The molecule has 1 saturated heterocycles. The van der Waals surface area contributed by atoms with E-state index < -0.39 is 0 Å². The van der Waals surface area contributed by atoms with Crippen LogP contribution in [0.15, 0.2) is 0 Å². The average Bonchev–Trinajstić information content (AvgIpc) is 2.20. The van der Waals surface area contributed by atoms with Gasteiger partial charge in [0.25, 0.3) is 0 Å². The lowest BCUT2D eigenvalue weighted by Gasteiger charge is -2.58. The number of hydrogen-bond acceptors (Lipinski definition) is 3. The molecule has 0 N–H and O–H groups in total. The van der Waals surface area contributed by atoms with Gasteiger partial charge in [0, 0.05) is 17.0 Å². The minimum absolute atomic E-state index is 0.0138. The Morgan fingerprint density at radius 1 is 0.625 bits per heavy atom. The number of nitrogens with zero attached hydrogens (tertiary/aromatic N) is 1. The molecule has 0 amide bonds. The molecule has 1 aliphatic heterocycles. The highest BCUT2D eigenvalue weighted by molar-refractivity contribution is 5.01. The van der Waals surface area contributed by atoms with Gasteiger partial charge in [0.1, 0.15) is 6.23 Å². The highest BCUT2D eigenvalue weighted by Gasteiger charge is 2.51. The van der Waals surface area contributed by atoms with Crippen LogP contribution in [-0.4, -0.2) is 42.0 Å². The Balaban J connectivity index is 3.57. The standard InChI is InChI=1S/C21H43NO2/c1-18(2,3)15-16(19(4,5)6)23-13-14-24-17(20(7,8)9)22(15)21(10,11)12/h15-17H,13-14H2,1-12H3. The van der Waals surface area contributed by atoms with E-state index in [2.05, 4.69) is 88.0 Å². The quantitative estimate of drug-likeness (QED) is 0.594. The fourth-order valence-electron chi connectivity index (χ4n) is 3.83. The van der Waals surface area contributed by atoms with Gasteiger partial charge in [-0.05, 0) is 31.6 Å². The Bertz CT molecular complexity index is 364. The van der Waals surface area contributed by atoms with E-state index in [4.69, 9.17) is 9.47 Å². The van der Waals surface area contributed by atoms with Crippen LogP contribution in [0.1, 0.15) is 83.1 Å². The van der Waals surface area contributed by atoms with Gasteiger partial charge in [-0.15, -0.1) is 0 Å². The molecular weight excluding hydrogens is 298 g/mol. The molecule has 24 heavy (non-hydrogen) atoms. The first kappa shape index (κ1) is 21.9. The zero-order valence-electron chi connectivity index (χ0n) is 18.4. The van der Waals surface area contributed by atoms with Gasteiger partial charge in [-0.2, -0.15) is 0 Å². The molecule has 0 aromatic rings. The van der Waals surface area contributed by atoms with E-state index in [0.717, 1.165) is 0 Å². The molecule has 144 valence electrons. The van der Waals surface area contributed by atoms with Crippen LogP contribution in [0.25, 0.3) is 0 Å². The Morgan fingerprint density at radius 3 is 1.42 bits per heavy atom. The molecule has 0 bridgehead atoms. The van der Waals surface area contributed by atoms with Gasteiger partial charge in [0.2, 0.25) is 0 Å². The van der Waals surface area contributed by atoms with Crippen molar-refractivity contribution in [2.45, 2.75) is 107 Å². The predicted octanol–water partition coefficient (Wildman–Crippen LogP) is 5.34. The van der Waals surface area contributed by atoms with Crippen molar-refractivity contribution in [2.75, 3.05) is 13.2 Å². The van der Waals surface area contributed by atoms with Crippen LogP contribution in [0.3, 0.4) is 0 Å². The monoisotopic (exact) mass is 341 g/mol. The van der Waals surface area contributed by atoms with Gasteiger partial charge in [-0.3, -0.25) is 4.90 Å². The van der Waals surface area contributed by atoms with Crippen LogP contribution < -0.4 is 0 Å². The van der Waals surface area contributed by atoms with E-state index in [9.17, 15) is 0 Å². The SMILES string of the molecule is CC(C)(C)C1OCCOC(C(C)(C)C)N(C(C)(C)C)C1C(C)(C)C.